The maximum absolute atomic E-state index is 13.5. The summed E-state index contributed by atoms with van der Waals surface area (Å²) in [5.74, 6) is 0.336. The zero-order chi connectivity index (χ0) is 30.4. The first-order chi connectivity index (χ1) is 21.0. The van der Waals surface area contributed by atoms with Gasteiger partial charge in [0.1, 0.15) is 24.4 Å². The van der Waals surface area contributed by atoms with Crippen LogP contribution in [-0.4, -0.2) is 67.5 Å². The fraction of sp³-hybridized carbons (Fsp3) is 0.457. The zero-order valence-corrected chi connectivity index (χ0v) is 25.5. The van der Waals surface area contributed by atoms with Crippen LogP contribution in [0.1, 0.15) is 51.5 Å². The van der Waals surface area contributed by atoms with Crippen LogP contribution < -0.4 is 20.7 Å². The summed E-state index contributed by atoms with van der Waals surface area (Å²) >= 11 is 0. The van der Waals surface area contributed by atoms with Crippen LogP contribution in [0.4, 0.5) is 0 Å². The molecule has 0 saturated carbocycles. The van der Waals surface area contributed by atoms with E-state index in [0.717, 1.165) is 54.3 Å². The molecule has 1 aliphatic heterocycles. The standard InChI is InChI=1S/C35H46N4O4/c1-3-27(4-2)35(42)39-22-10-16-32(39)34(41)38-31(25-26-17-18-28-12-8-9-13-29(28)24-26)33(40)37-20-11-19-36-21-23-43-30-14-6-5-7-15-30/h5-9,12-15,17-18,24,27,31-32,36H,3-4,10-11,16,19-23,25H2,1-2H3,(H,37,40)(H,38,41)/t31-,32?/m1/s1. The molecule has 2 atom stereocenters. The van der Waals surface area contributed by atoms with Crippen molar-refractivity contribution in [1.29, 1.82) is 0 Å². The van der Waals surface area contributed by atoms with Crippen LogP contribution in [0.3, 0.4) is 0 Å². The number of amides is 3. The van der Waals surface area contributed by atoms with Crippen molar-refractivity contribution in [3.05, 3.63) is 78.4 Å². The molecular weight excluding hydrogens is 540 g/mol. The fourth-order valence-corrected chi connectivity index (χ4v) is 5.69. The van der Waals surface area contributed by atoms with Crippen molar-refractivity contribution in [1.82, 2.24) is 20.9 Å². The van der Waals surface area contributed by atoms with E-state index < -0.39 is 12.1 Å². The van der Waals surface area contributed by atoms with Gasteiger partial charge < -0.3 is 25.6 Å². The molecule has 0 aliphatic carbocycles. The molecule has 230 valence electrons. The van der Waals surface area contributed by atoms with E-state index in [2.05, 4.69) is 28.1 Å². The maximum Gasteiger partial charge on any atom is 0.243 e. The third kappa shape index (κ3) is 9.29. The van der Waals surface area contributed by atoms with E-state index in [1.807, 2.05) is 74.5 Å². The van der Waals surface area contributed by atoms with Crippen molar-refractivity contribution in [2.75, 3.05) is 32.8 Å². The van der Waals surface area contributed by atoms with Gasteiger partial charge in [-0.05, 0) is 67.1 Å². The molecule has 43 heavy (non-hydrogen) atoms. The molecule has 3 amide bonds. The van der Waals surface area contributed by atoms with Gasteiger partial charge in [0.15, 0.2) is 0 Å². The van der Waals surface area contributed by atoms with Crippen LogP contribution in [0.5, 0.6) is 5.75 Å². The summed E-state index contributed by atoms with van der Waals surface area (Å²) in [5, 5.41) is 11.6. The van der Waals surface area contributed by atoms with Gasteiger partial charge in [0.05, 0.1) is 0 Å². The Labute approximate surface area is 255 Å². The summed E-state index contributed by atoms with van der Waals surface area (Å²) in [5.41, 5.74) is 0.968. The molecule has 0 radical (unpaired) electrons. The molecule has 1 fully saturated rings. The number of carbonyl (C=O) groups is 3. The van der Waals surface area contributed by atoms with E-state index in [9.17, 15) is 14.4 Å². The summed E-state index contributed by atoms with van der Waals surface area (Å²) in [4.78, 5) is 41.9. The Balaban J connectivity index is 1.33. The predicted molar refractivity (Wildman–Crippen MR) is 171 cm³/mol. The Morgan fingerprint density at radius 2 is 1.65 bits per heavy atom. The van der Waals surface area contributed by atoms with E-state index >= 15 is 0 Å². The predicted octanol–water partition coefficient (Wildman–Crippen LogP) is 4.47. The highest BCUT2D eigenvalue weighted by Crippen LogP contribution is 2.23. The third-order valence-electron chi connectivity index (χ3n) is 8.18. The zero-order valence-electron chi connectivity index (χ0n) is 25.5. The van der Waals surface area contributed by atoms with E-state index in [1.54, 1.807) is 4.90 Å². The molecule has 3 aromatic rings. The molecule has 4 rings (SSSR count). The molecule has 1 aliphatic rings. The quantitative estimate of drug-likeness (QED) is 0.215. The smallest absolute Gasteiger partial charge is 0.243 e. The Morgan fingerprint density at radius 3 is 2.42 bits per heavy atom. The minimum absolute atomic E-state index is 0.0415. The molecule has 3 N–H and O–H groups in total. The van der Waals surface area contributed by atoms with Crippen molar-refractivity contribution in [2.45, 2.75) is 64.5 Å². The van der Waals surface area contributed by atoms with Crippen LogP contribution >= 0.6 is 0 Å². The van der Waals surface area contributed by atoms with E-state index in [4.69, 9.17) is 4.74 Å². The minimum atomic E-state index is -0.744. The van der Waals surface area contributed by atoms with E-state index in [0.29, 0.717) is 39.1 Å². The first kappa shape index (κ1) is 32.0. The molecule has 1 unspecified atom stereocenters. The number of benzene rings is 3. The molecule has 1 saturated heterocycles. The Bertz CT molecular complexity index is 1330. The lowest BCUT2D eigenvalue weighted by Crippen LogP contribution is -2.54. The van der Waals surface area contributed by atoms with Crippen molar-refractivity contribution < 1.29 is 19.1 Å². The lowest BCUT2D eigenvalue weighted by molar-refractivity contribution is -0.142. The van der Waals surface area contributed by atoms with Gasteiger partial charge in [-0.1, -0.05) is 74.5 Å². The van der Waals surface area contributed by atoms with Gasteiger partial charge in [0.25, 0.3) is 0 Å². The van der Waals surface area contributed by atoms with Crippen LogP contribution in [0.2, 0.25) is 0 Å². The number of rotatable bonds is 16. The monoisotopic (exact) mass is 586 g/mol. The van der Waals surface area contributed by atoms with Gasteiger partial charge in [0.2, 0.25) is 17.7 Å². The Morgan fingerprint density at radius 1 is 0.907 bits per heavy atom. The van der Waals surface area contributed by atoms with Gasteiger partial charge in [-0.25, -0.2) is 0 Å². The van der Waals surface area contributed by atoms with Gasteiger partial charge >= 0.3 is 0 Å². The number of likely N-dealkylation sites (tertiary alicyclic amines) is 1. The number of fused-ring (bicyclic) bond motifs is 1. The number of carbonyl (C=O) groups excluding carboxylic acids is 3. The summed E-state index contributed by atoms with van der Waals surface area (Å²) in [6.45, 7) is 7.08. The number of hydrogen-bond donors (Lipinski definition) is 3. The Hall–Kier alpha value is -3.91. The second-order valence-corrected chi connectivity index (χ2v) is 11.2. The molecule has 0 bridgehead atoms. The molecule has 1 heterocycles. The second kappa shape index (κ2) is 16.7. The van der Waals surface area contributed by atoms with Crippen molar-refractivity contribution in [3.8, 4) is 5.75 Å². The Kier molecular flexibility index (Phi) is 12.4. The molecule has 0 spiro atoms. The van der Waals surface area contributed by atoms with Crippen LogP contribution in [0, 0.1) is 5.92 Å². The topological polar surface area (TPSA) is 99.8 Å². The summed E-state index contributed by atoms with van der Waals surface area (Å²) in [7, 11) is 0. The van der Waals surface area contributed by atoms with E-state index in [-0.39, 0.29) is 23.6 Å². The molecule has 8 nitrogen and oxygen atoms in total. The van der Waals surface area contributed by atoms with Crippen molar-refractivity contribution >= 4 is 28.5 Å². The normalized spacial score (nSPS) is 15.4. The number of para-hydroxylation sites is 1. The SMILES string of the molecule is CCC(CC)C(=O)N1CCCC1C(=O)N[C@H](Cc1ccc2ccccc2c1)C(=O)NCCCNCCOc1ccccc1. The molecular formula is C35H46N4O4. The second-order valence-electron chi connectivity index (χ2n) is 11.2. The highest BCUT2D eigenvalue weighted by molar-refractivity contribution is 5.93. The van der Waals surface area contributed by atoms with Gasteiger partial charge in [-0.3, -0.25) is 14.4 Å². The number of hydrogen-bond acceptors (Lipinski definition) is 5. The number of nitrogens with one attached hydrogen (secondary N) is 3. The minimum Gasteiger partial charge on any atom is -0.492 e. The first-order valence-corrected chi connectivity index (χ1v) is 15.7. The summed E-state index contributed by atoms with van der Waals surface area (Å²) in [6, 6.07) is 22.6. The van der Waals surface area contributed by atoms with E-state index in [1.165, 1.54) is 0 Å². The molecule has 0 aromatic heterocycles. The van der Waals surface area contributed by atoms with Crippen molar-refractivity contribution in [3.63, 3.8) is 0 Å². The lowest BCUT2D eigenvalue weighted by atomic mass is 10.00. The van der Waals surface area contributed by atoms with Gasteiger partial charge in [-0.2, -0.15) is 0 Å². The number of ether oxygens (including phenoxy) is 1. The number of nitrogens with zero attached hydrogens (tertiary/aromatic N) is 1. The van der Waals surface area contributed by atoms with Crippen LogP contribution in [0.15, 0.2) is 72.8 Å². The summed E-state index contributed by atoms with van der Waals surface area (Å²) in [6.07, 6.45) is 4.01. The van der Waals surface area contributed by atoms with Crippen molar-refractivity contribution in [2.24, 2.45) is 5.92 Å². The largest absolute Gasteiger partial charge is 0.492 e. The van der Waals surface area contributed by atoms with Crippen LogP contribution in [0.25, 0.3) is 10.8 Å². The summed E-state index contributed by atoms with van der Waals surface area (Å²) < 4.78 is 5.70. The fourth-order valence-electron chi connectivity index (χ4n) is 5.69. The molecule has 8 heteroatoms. The van der Waals surface area contributed by atoms with Gasteiger partial charge in [-0.15, -0.1) is 0 Å². The third-order valence-corrected chi connectivity index (χ3v) is 8.18. The lowest BCUT2D eigenvalue weighted by Gasteiger charge is -2.29. The highest BCUT2D eigenvalue weighted by Gasteiger charge is 2.37. The highest BCUT2D eigenvalue weighted by atomic mass is 16.5. The van der Waals surface area contributed by atoms with Gasteiger partial charge in [0, 0.05) is 32.0 Å². The maximum atomic E-state index is 13.5. The molecule has 3 aromatic carbocycles. The first-order valence-electron chi connectivity index (χ1n) is 15.7. The average Bonchev–Trinajstić information content (AvgIpc) is 3.53. The van der Waals surface area contributed by atoms with Crippen LogP contribution in [-0.2, 0) is 20.8 Å². The average molecular weight is 587 g/mol.